The van der Waals surface area contributed by atoms with Crippen molar-refractivity contribution in [2.75, 3.05) is 19.6 Å². The van der Waals surface area contributed by atoms with Gasteiger partial charge in [0.05, 0.1) is 22.5 Å². The summed E-state index contributed by atoms with van der Waals surface area (Å²) in [6.45, 7) is 2.46. The lowest BCUT2D eigenvalue weighted by Gasteiger charge is -2.23. The number of hydrogen-bond donors (Lipinski definition) is 0. The summed E-state index contributed by atoms with van der Waals surface area (Å²) in [4.78, 5) is 35.0. The number of likely N-dealkylation sites (tertiary alicyclic amines) is 2. The lowest BCUT2D eigenvalue weighted by atomic mass is 9.85. The summed E-state index contributed by atoms with van der Waals surface area (Å²) in [6, 6.07) is 15.8. The minimum atomic E-state index is -0.416. The Balaban J connectivity index is 1.31. The highest BCUT2D eigenvalue weighted by molar-refractivity contribution is 7.20. The fraction of sp³-hybridized carbons (Fsp3) is 0.318. The highest BCUT2D eigenvalue weighted by Crippen LogP contribution is 2.42. The Morgan fingerprint density at radius 3 is 2.75 bits per heavy atom. The molecule has 0 aliphatic carbocycles. The van der Waals surface area contributed by atoms with Gasteiger partial charge in [0, 0.05) is 30.5 Å². The van der Waals surface area contributed by atoms with E-state index in [0.29, 0.717) is 19.6 Å². The Morgan fingerprint density at radius 1 is 1.11 bits per heavy atom. The number of aromatic nitrogens is 1. The lowest BCUT2D eigenvalue weighted by Crippen LogP contribution is -2.38. The molecule has 2 amide bonds. The molecule has 4 heterocycles. The van der Waals surface area contributed by atoms with Crippen molar-refractivity contribution in [2.45, 2.75) is 19.4 Å². The van der Waals surface area contributed by atoms with Crippen LogP contribution in [0.3, 0.4) is 0 Å². The topological polar surface area (TPSA) is 53.5 Å². The smallest absolute Gasteiger partial charge is 0.263 e. The van der Waals surface area contributed by atoms with Gasteiger partial charge in [-0.1, -0.05) is 24.3 Å². The highest BCUT2D eigenvalue weighted by atomic mass is 32.1. The summed E-state index contributed by atoms with van der Waals surface area (Å²) in [5, 5.41) is 1.10. The van der Waals surface area contributed by atoms with Crippen LogP contribution in [-0.4, -0.2) is 46.2 Å². The lowest BCUT2D eigenvalue weighted by molar-refractivity contribution is -0.135. The molecule has 0 saturated carbocycles. The van der Waals surface area contributed by atoms with E-state index in [4.69, 9.17) is 0 Å². The number of rotatable bonds is 3. The SMILES string of the molecule is O=C(c1cc2ccccc2s1)N1CCC2(CCN(Cc3ccccn3)C2=O)C1. The van der Waals surface area contributed by atoms with Gasteiger partial charge in [-0.3, -0.25) is 14.6 Å². The number of hydrogen-bond acceptors (Lipinski definition) is 4. The van der Waals surface area contributed by atoms with E-state index in [9.17, 15) is 9.59 Å². The molecule has 1 aromatic carbocycles. The van der Waals surface area contributed by atoms with Crippen LogP contribution in [0, 0.1) is 5.41 Å². The molecule has 2 fully saturated rings. The first-order chi connectivity index (χ1) is 13.6. The van der Waals surface area contributed by atoms with E-state index in [1.165, 1.54) is 11.3 Å². The first-order valence-electron chi connectivity index (χ1n) is 9.62. The van der Waals surface area contributed by atoms with Gasteiger partial charge in [-0.15, -0.1) is 11.3 Å². The largest absolute Gasteiger partial charge is 0.337 e. The first kappa shape index (κ1) is 17.4. The number of thiophene rings is 1. The summed E-state index contributed by atoms with van der Waals surface area (Å²) in [6.07, 6.45) is 3.32. The highest BCUT2D eigenvalue weighted by Gasteiger charge is 2.51. The van der Waals surface area contributed by atoms with Crippen molar-refractivity contribution in [2.24, 2.45) is 5.41 Å². The average molecular weight is 391 g/mol. The number of carbonyl (C=O) groups excluding carboxylic acids is 2. The van der Waals surface area contributed by atoms with E-state index >= 15 is 0 Å². The van der Waals surface area contributed by atoms with E-state index in [-0.39, 0.29) is 11.8 Å². The second kappa shape index (κ2) is 6.71. The van der Waals surface area contributed by atoms with Crippen LogP contribution in [0.15, 0.2) is 54.7 Å². The van der Waals surface area contributed by atoms with E-state index in [1.54, 1.807) is 6.20 Å². The van der Waals surface area contributed by atoms with Crippen LogP contribution in [0.25, 0.3) is 10.1 Å². The summed E-state index contributed by atoms with van der Waals surface area (Å²) in [7, 11) is 0. The van der Waals surface area contributed by atoms with Crippen LogP contribution < -0.4 is 0 Å². The third-order valence-electron chi connectivity index (χ3n) is 5.96. The molecule has 5 rings (SSSR count). The molecular formula is C22H21N3O2S. The Hall–Kier alpha value is -2.73. The summed E-state index contributed by atoms with van der Waals surface area (Å²) < 4.78 is 1.12. The van der Waals surface area contributed by atoms with Gasteiger partial charge in [0.15, 0.2) is 0 Å². The Morgan fingerprint density at radius 2 is 1.93 bits per heavy atom. The molecule has 5 nitrogen and oxygen atoms in total. The van der Waals surface area contributed by atoms with Gasteiger partial charge in [-0.05, 0) is 42.5 Å². The van der Waals surface area contributed by atoms with Gasteiger partial charge in [0.1, 0.15) is 0 Å². The Kier molecular flexibility index (Phi) is 4.16. The van der Waals surface area contributed by atoms with E-state index < -0.39 is 5.41 Å². The molecule has 2 aliphatic heterocycles. The monoisotopic (exact) mass is 391 g/mol. The van der Waals surface area contributed by atoms with Crippen LogP contribution in [0.5, 0.6) is 0 Å². The maximum absolute atomic E-state index is 13.1. The van der Waals surface area contributed by atoms with Crippen LogP contribution in [0.1, 0.15) is 28.2 Å². The molecule has 3 aromatic rings. The second-order valence-corrected chi connectivity index (χ2v) is 8.79. The molecule has 2 aliphatic rings. The van der Waals surface area contributed by atoms with E-state index in [0.717, 1.165) is 40.0 Å². The van der Waals surface area contributed by atoms with E-state index in [1.807, 2.05) is 58.3 Å². The number of fused-ring (bicyclic) bond motifs is 1. The second-order valence-electron chi connectivity index (χ2n) is 7.70. The molecule has 2 aromatic heterocycles. The summed E-state index contributed by atoms with van der Waals surface area (Å²) >= 11 is 1.53. The van der Waals surface area contributed by atoms with Crippen LogP contribution >= 0.6 is 11.3 Å². The molecule has 0 bridgehead atoms. The van der Waals surface area contributed by atoms with Gasteiger partial charge in [-0.25, -0.2) is 0 Å². The molecule has 28 heavy (non-hydrogen) atoms. The molecule has 142 valence electrons. The van der Waals surface area contributed by atoms with Crippen molar-refractivity contribution in [1.82, 2.24) is 14.8 Å². The van der Waals surface area contributed by atoms with E-state index in [2.05, 4.69) is 4.98 Å². The van der Waals surface area contributed by atoms with Crippen molar-refractivity contribution in [3.63, 3.8) is 0 Å². The fourth-order valence-electron chi connectivity index (χ4n) is 4.40. The van der Waals surface area contributed by atoms with Crippen LogP contribution in [0.4, 0.5) is 0 Å². The zero-order valence-electron chi connectivity index (χ0n) is 15.5. The van der Waals surface area contributed by atoms with Gasteiger partial charge < -0.3 is 9.80 Å². The number of pyridine rings is 1. The number of nitrogens with zero attached hydrogens (tertiary/aromatic N) is 3. The van der Waals surface area contributed by atoms with Crippen molar-refractivity contribution >= 4 is 33.2 Å². The van der Waals surface area contributed by atoms with Crippen LogP contribution in [0.2, 0.25) is 0 Å². The third kappa shape index (κ3) is 2.88. The van der Waals surface area contributed by atoms with Gasteiger partial charge in [0.2, 0.25) is 5.91 Å². The molecule has 1 spiro atoms. The summed E-state index contributed by atoms with van der Waals surface area (Å²) in [5.74, 6) is 0.221. The van der Waals surface area contributed by atoms with Gasteiger partial charge >= 0.3 is 0 Å². The normalized spacial score (nSPS) is 21.9. The van der Waals surface area contributed by atoms with Crippen molar-refractivity contribution < 1.29 is 9.59 Å². The van der Waals surface area contributed by atoms with Crippen molar-refractivity contribution in [1.29, 1.82) is 0 Å². The third-order valence-corrected chi connectivity index (χ3v) is 7.06. The number of benzene rings is 1. The quantitative estimate of drug-likeness (QED) is 0.686. The maximum atomic E-state index is 13.1. The Bertz CT molecular complexity index is 1020. The molecule has 1 atom stereocenters. The predicted molar refractivity (Wildman–Crippen MR) is 109 cm³/mol. The standard InChI is InChI=1S/C22H21N3O2S/c26-20(19-13-16-5-1-2-7-18(16)28-19)25-12-9-22(15-25)8-11-24(21(22)27)14-17-6-3-4-10-23-17/h1-7,10,13H,8-9,11-12,14-15H2. The van der Waals surface area contributed by atoms with Crippen molar-refractivity contribution in [3.8, 4) is 0 Å². The fourth-order valence-corrected chi connectivity index (χ4v) is 5.43. The maximum Gasteiger partial charge on any atom is 0.263 e. The molecule has 0 radical (unpaired) electrons. The molecule has 6 heteroatoms. The minimum absolute atomic E-state index is 0.0500. The molecular weight excluding hydrogens is 370 g/mol. The number of carbonyl (C=O) groups is 2. The van der Waals surface area contributed by atoms with Gasteiger partial charge in [0.25, 0.3) is 5.91 Å². The average Bonchev–Trinajstić information content (AvgIpc) is 3.42. The zero-order valence-corrected chi connectivity index (χ0v) is 16.3. The van der Waals surface area contributed by atoms with Crippen molar-refractivity contribution in [3.05, 3.63) is 65.3 Å². The molecule has 2 saturated heterocycles. The predicted octanol–water partition coefficient (Wildman–Crippen LogP) is 3.56. The summed E-state index contributed by atoms with van der Waals surface area (Å²) in [5.41, 5.74) is 0.491. The first-order valence-corrected chi connectivity index (χ1v) is 10.4. The molecule has 0 N–H and O–H groups in total. The Labute approximate surface area is 167 Å². The van der Waals surface area contributed by atoms with Crippen LogP contribution in [-0.2, 0) is 11.3 Å². The molecule has 1 unspecified atom stereocenters. The number of amides is 2. The zero-order chi connectivity index (χ0) is 19.1. The van der Waals surface area contributed by atoms with Gasteiger partial charge in [-0.2, -0.15) is 0 Å². The minimum Gasteiger partial charge on any atom is -0.337 e.